The van der Waals surface area contributed by atoms with Gasteiger partial charge in [0, 0.05) is 0 Å². The predicted octanol–water partition coefficient (Wildman–Crippen LogP) is 7.03. The van der Waals surface area contributed by atoms with Crippen molar-refractivity contribution in [2.45, 2.75) is 53.1 Å². The number of aryl methyl sites for hydroxylation is 2. The van der Waals surface area contributed by atoms with E-state index in [9.17, 15) is 5.11 Å². The van der Waals surface area contributed by atoms with Gasteiger partial charge >= 0.3 is 0 Å². The Morgan fingerprint density at radius 3 is 1.33 bits per heavy atom. The lowest BCUT2D eigenvalue weighted by atomic mass is 9.98. The summed E-state index contributed by atoms with van der Waals surface area (Å²) in [5.41, 5.74) is 4.20. The van der Waals surface area contributed by atoms with Gasteiger partial charge in [-0.25, -0.2) is 0 Å². The number of rotatable bonds is 2. The van der Waals surface area contributed by atoms with Crippen LogP contribution in [0.3, 0.4) is 0 Å². The predicted molar refractivity (Wildman–Crippen MR) is 118 cm³/mol. The third kappa shape index (κ3) is 9.77. The van der Waals surface area contributed by atoms with E-state index in [1.807, 2.05) is 55.5 Å². The first-order valence-electron chi connectivity index (χ1n) is 9.56. The van der Waals surface area contributed by atoms with Crippen molar-refractivity contribution in [3.63, 3.8) is 0 Å². The smallest absolute Gasteiger partial charge is 0.0840 e. The molecule has 0 bridgehead atoms. The molecule has 0 unspecified atom stereocenters. The Morgan fingerprint density at radius 2 is 1.04 bits per heavy atom. The van der Waals surface area contributed by atoms with E-state index in [1.165, 1.54) is 16.7 Å². The molecule has 3 rings (SSSR count). The van der Waals surface area contributed by atoms with Gasteiger partial charge in [-0.3, -0.25) is 0 Å². The first-order valence-corrected chi connectivity index (χ1v) is 9.56. The third-order valence-electron chi connectivity index (χ3n) is 4.16. The van der Waals surface area contributed by atoms with Gasteiger partial charge in [0.2, 0.25) is 0 Å². The molecule has 0 spiro atoms. The van der Waals surface area contributed by atoms with Crippen LogP contribution in [0.1, 0.15) is 55.9 Å². The van der Waals surface area contributed by atoms with Crippen molar-refractivity contribution < 1.29 is 5.11 Å². The summed E-state index contributed by atoms with van der Waals surface area (Å²) in [6, 6.07) is 28.7. The topological polar surface area (TPSA) is 20.2 Å². The van der Waals surface area contributed by atoms with Crippen LogP contribution < -0.4 is 0 Å². The third-order valence-corrected chi connectivity index (χ3v) is 4.16. The van der Waals surface area contributed by atoms with Gasteiger partial charge in [-0.05, 0) is 44.7 Å². The van der Waals surface area contributed by atoms with Crippen molar-refractivity contribution in [3.05, 3.63) is 107 Å². The van der Waals surface area contributed by atoms with Crippen LogP contribution >= 0.6 is 0 Å². The average molecular weight is 363 g/mol. The van der Waals surface area contributed by atoms with Crippen molar-refractivity contribution in [3.8, 4) is 0 Å². The summed E-state index contributed by atoms with van der Waals surface area (Å²) in [7, 11) is 0. The zero-order valence-electron chi connectivity index (χ0n) is 17.6. The fraction of sp³-hybridized carbons (Fsp3) is 0.308. The second-order valence-electron chi connectivity index (χ2n) is 7.65. The van der Waals surface area contributed by atoms with Gasteiger partial charge in [0.15, 0.2) is 0 Å². The Labute approximate surface area is 165 Å². The van der Waals surface area contributed by atoms with Crippen LogP contribution in [-0.4, -0.2) is 5.11 Å². The van der Waals surface area contributed by atoms with Gasteiger partial charge in [0.1, 0.15) is 0 Å². The molecule has 1 N–H and O–H groups in total. The molecule has 27 heavy (non-hydrogen) atoms. The van der Waals surface area contributed by atoms with Crippen molar-refractivity contribution in [1.82, 2.24) is 0 Å². The van der Waals surface area contributed by atoms with Gasteiger partial charge in [0.05, 0.1) is 5.60 Å². The monoisotopic (exact) mass is 362 g/mol. The van der Waals surface area contributed by atoms with Crippen LogP contribution in [0.4, 0.5) is 0 Å². The molecular formula is C26H34O. The molecule has 144 valence electrons. The number of benzene rings is 3. The summed E-state index contributed by atoms with van der Waals surface area (Å²) in [5.74, 6) is 0.659. The maximum absolute atomic E-state index is 9.58. The van der Waals surface area contributed by atoms with Gasteiger partial charge < -0.3 is 5.11 Å². The molecule has 1 heteroatoms. The van der Waals surface area contributed by atoms with Crippen LogP contribution in [0.25, 0.3) is 0 Å². The Kier molecular flexibility index (Phi) is 9.53. The van der Waals surface area contributed by atoms with E-state index in [0.717, 1.165) is 5.56 Å². The van der Waals surface area contributed by atoms with Gasteiger partial charge in [-0.15, -0.1) is 0 Å². The molecule has 3 aromatic rings. The van der Waals surface area contributed by atoms with Crippen molar-refractivity contribution in [2.24, 2.45) is 0 Å². The Hall–Kier alpha value is -2.38. The largest absolute Gasteiger partial charge is 0.386 e. The molecule has 0 heterocycles. The van der Waals surface area contributed by atoms with E-state index in [1.54, 1.807) is 13.8 Å². The molecule has 0 saturated carbocycles. The molecule has 0 atom stereocenters. The van der Waals surface area contributed by atoms with E-state index in [4.69, 9.17) is 0 Å². The van der Waals surface area contributed by atoms with Crippen molar-refractivity contribution in [2.75, 3.05) is 0 Å². The maximum Gasteiger partial charge on any atom is 0.0840 e. The minimum atomic E-state index is -0.715. The Bertz CT molecular complexity index is 736. The quantitative estimate of drug-likeness (QED) is 0.519. The van der Waals surface area contributed by atoms with Crippen molar-refractivity contribution in [1.29, 1.82) is 0 Å². The highest BCUT2D eigenvalue weighted by Crippen LogP contribution is 2.19. The molecule has 3 aromatic carbocycles. The average Bonchev–Trinajstić information content (AvgIpc) is 2.64. The fourth-order valence-corrected chi connectivity index (χ4v) is 2.33. The highest BCUT2D eigenvalue weighted by atomic mass is 16.3. The highest BCUT2D eigenvalue weighted by Gasteiger charge is 2.14. The normalized spacial score (nSPS) is 10.4. The van der Waals surface area contributed by atoms with Crippen LogP contribution in [-0.2, 0) is 5.60 Å². The minimum Gasteiger partial charge on any atom is -0.386 e. The zero-order valence-corrected chi connectivity index (χ0v) is 17.6. The molecule has 0 fully saturated rings. The summed E-state index contributed by atoms with van der Waals surface area (Å²) in [5, 5.41) is 9.58. The second-order valence-corrected chi connectivity index (χ2v) is 7.65. The fourth-order valence-electron chi connectivity index (χ4n) is 2.33. The zero-order chi connectivity index (χ0) is 20.3. The summed E-state index contributed by atoms with van der Waals surface area (Å²) < 4.78 is 0. The van der Waals surface area contributed by atoms with Crippen LogP contribution in [0.15, 0.2) is 84.9 Å². The molecule has 0 amide bonds. The lowest BCUT2D eigenvalue weighted by Crippen LogP contribution is -2.14. The SMILES string of the molecule is CC(C)c1ccccc1.Cc1ccc(C(C)(C)O)cc1.Cc1ccccc1. The lowest BCUT2D eigenvalue weighted by Gasteiger charge is -2.17. The van der Waals surface area contributed by atoms with E-state index in [2.05, 4.69) is 57.2 Å². The molecule has 0 aliphatic rings. The van der Waals surface area contributed by atoms with E-state index >= 15 is 0 Å². The lowest BCUT2D eigenvalue weighted by molar-refractivity contribution is 0.0786. The first-order chi connectivity index (χ1) is 12.7. The Balaban J connectivity index is 0.000000208. The highest BCUT2D eigenvalue weighted by molar-refractivity contribution is 5.25. The first kappa shape index (κ1) is 22.7. The van der Waals surface area contributed by atoms with Gasteiger partial charge in [-0.2, -0.15) is 0 Å². The molecule has 1 nitrogen and oxygen atoms in total. The molecule has 0 aromatic heterocycles. The summed E-state index contributed by atoms with van der Waals surface area (Å²) in [6.07, 6.45) is 0. The summed E-state index contributed by atoms with van der Waals surface area (Å²) in [4.78, 5) is 0. The van der Waals surface area contributed by atoms with Crippen molar-refractivity contribution >= 4 is 0 Å². The van der Waals surface area contributed by atoms with E-state index in [-0.39, 0.29) is 0 Å². The van der Waals surface area contributed by atoms with Gasteiger partial charge in [0.25, 0.3) is 0 Å². The van der Waals surface area contributed by atoms with Gasteiger partial charge in [-0.1, -0.05) is 110 Å². The number of hydrogen-bond donors (Lipinski definition) is 1. The summed E-state index contributed by atoms with van der Waals surface area (Å²) >= 11 is 0. The standard InChI is InChI=1S/C10H14O.C9H12.C7H8/c1-8-4-6-9(7-5-8)10(2,3)11;1-8(2)9-6-4-3-5-7-9;1-7-5-3-2-4-6-7/h4-7,11H,1-3H3;3-8H,1-2H3;2-6H,1H3. The molecule has 0 saturated heterocycles. The maximum atomic E-state index is 9.58. The minimum absolute atomic E-state index is 0.659. The van der Waals surface area contributed by atoms with E-state index < -0.39 is 5.60 Å². The molecule has 0 radical (unpaired) electrons. The van der Waals surface area contributed by atoms with Crippen LogP contribution in [0, 0.1) is 13.8 Å². The molecule has 0 aliphatic carbocycles. The second kappa shape index (κ2) is 11.4. The van der Waals surface area contributed by atoms with Crippen LogP contribution in [0.5, 0.6) is 0 Å². The Morgan fingerprint density at radius 1 is 0.630 bits per heavy atom. The number of aliphatic hydroxyl groups is 1. The summed E-state index contributed by atoms with van der Waals surface area (Å²) in [6.45, 7) is 12.1. The van der Waals surface area contributed by atoms with Crippen LogP contribution in [0.2, 0.25) is 0 Å². The number of hydrogen-bond acceptors (Lipinski definition) is 1. The van der Waals surface area contributed by atoms with E-state index in [0.29, 0.717) is 5.92 Å². The molecular weight excluding hydrogens is 328 g/mol. The molecule has 0 aliphatic heterocycles.